The fourth-order valence-corrected chi connectivity index (χ4v) is 9.11. The molecule has 0 radical (unpaired) electrons. The van der Waals surface area contributed by atoms with Crippen LogP contribution in [0.1, 0.15) is 265 Å². The Morgan fingerprint density at radius 2 is 0.849 bits per heavy atom. The molecule has 0 saturated heterocycles. The lowest BCUT2D eigenvalue weighted by molar-refractivity contribution is -0.870. The molecule has 0 fully saturated rings. The fourth-order valence-electron chi connectivity index (χ4n) is 8.37. The summed E-state index contributed by atoms with van der Waals surface area (Å²) in [6.07, 6.45) is 67.6. The van der Waals surface area contributed by atoms with Crippen LogP contribution in [0, 0.1) is 0 Å². The van der Waals surface area contributed by atoms with Crippen LogP contribution in [0.5, 0.6) is 0 Å². The molecular formula is C63H116N2O7P+. The van der Waals surface area contributed by atoms with Gasteiger partial charge >= 0.3 is 13.8 Å². The maximum Gasteiger partial charge on any atom is 0.472 e. The number of amides is 1. The monoisotopic (exact) mass is 1040 g/mol. The van der Waals surface area contributed by atoms with Crippen molar-refractivity contribution in [3.05, 3.63) is 72.9 Å². The van der Waals surface area contributed by atoms with Gasteiger partial charge in [0, 0.05) is 12.8 Å². The highest BCUT2D eigenvalue weighted by Gasteiger charge is 2.30. The molecule has 0 aromatic heterocycles. The molecule has 1 amide bonds. The highest BCUT2D eigenvalue weighted by Crippen LogP contribution is 2.43. The largest absolute Gasteiger partial charge is 0.472 e. The van der Waals surface area contributed by atoms with Crippen molar-refractivity contribution in [1.29, 1.82) is 0 Å². The smallest absolute Gasteiger partial charge is 0.456 e. The van der Waals surface area contributed by atoms with E-state index in [4.69, 9.17) is 13.8 Å². The SMILES string of the molecule is CCCC/C=C\CCCCCCCC(=O)NC(COP(=O)(O)OCC[N+](C)(C)C)C(/C=C\CCCCCCCCCCC)OC(=O)CCCCCCCCCCC/C=C\C/C=C\C/C=C\C/C=C\CCCCC. The second-order valence-electron chi connectivity index (χ2n) is 21.5. The third-order valence-corrected chi connectivity index (χ3v) is 14.1. The summed E-state index contributed by atoms with van der Waals surface area (Å²) in [5.41, 5.74) is 0. The second kappa shape index (κ2) is 52.9. The summed E-state index contributed by atoms with van der Waals surface area (Å²) >= 11 is 0. The highest BCUT2D eigenvalue weighted by molar-refractivity contribution is 7.47. The van der Waals surface area contributed by atoms with Crippen LogP contribution in [-0.4, -0.2) is 74.3 Å². The molecule has 2 N–H and O–H groups in total. The van der Waals surface area contributed by atoms with E-state index in [0.29, 0.717) is 17.4 Å². The molecule has 0 aromatic rings. The lowest BCUT2D eigenvalue weighted by Crippen LogP contribution is -2.47. The van der Waals surface area contributed by atoms with E-state index in [-0.39, 0.29) is 31.5 Å². The normalized spacial score (nSPS) is 14.2. The van der Waals surface area contributed by atoms with Gasteiger partial charge in [0.1, 0.15) is 19.3 Å². The minimum absolute atomic E-state index is 0.0355. The summed E-state index contributed by atoms with van der Waals surface area (Å²) in [6, 6.07) is -0.855. The Balaban J connectivity index is 5.11. The maximum atomic E-state index is 13.5. The van der Waals surface area contributed by atoms with Gasteiger partial charge in [-0.2, -0.15) is 0 Å². The number of phosphoric ester groups is 1. The molecule has 0 rings (SSSR count). The van der Waals surface area contributed by atoms with Crippen molar-refractivity contribution in [2.24, 2.45) is 0 Å². The van der Waals surface area contributed by atoms with E-state index in [1.54, 1.807) is 0 Å². The molecule has 424 valence electrons. The summed E-state index contributed by atoms with van der Waals surface area (Å²) in [6.45, 7) is 6.92. The average Bonchev–Trinajstić information content (AvgIpc) is 3.35. The molecule has 0 aliphatic heterocycles. The predicted molar refractivity (Wildman–Crippen MR) is 314 cm³/mol. The molecule has 0 aromatic carbocycles. The number of hydrogen-bond donors (Lipinski definition) is 2. The Morgan fingerprint density at radius 1 is 0.479 bits per heavy atom. The molecule has 9 nitrogen and oxygen atoms in total. The number of unbranched alkanes of at least 4 members (excludes halogenated alkanes) is 28. The van der Waals surface area contributed by atoms with E-state index < -0.39 is 20.0 Å². The van der Waals surface area contributed by atoms with Crippen LogP contribution in [0.4, 0.5) is 0 Å². The Kier molecular flexibility index (Phi) is 51.0. The van der Waals surface area contributed by atoms with Crippen LogP contribution in [0.15, 0.2) is 72.9 Å². The van der Waals surface area contributed by atoms with Gasteiger partial charge in [0.15, 0.2) is 0 Å². The van der Waals surface area contributed by atoms with Crippen LogP contribution < -0.4 is 5.32 Å². The van der Waals surface area contributed by atoms with Crippen molar-refractivity contribution >= 4 is 19.7 Å². The lowest BCUT2D eigenvalue weighted by Gasteiger charge is -2.27. The van der Waals surface area contributed by atoms with Gasteiger partial charge in [-0.15, -0.1) is 0 Å². The number of ether oxygens (including phenoxy) is 1. The molecule has 0 aliphatic carbocycles. The van der Waals surface area contributed by atoms with Gasteiger partial charge in [-0.3, -0.25) is 18.6 Å². The summed E-state index contributed by atoms with van der Waals surface area (Å²) in [5.74, 6) is -0.524. The maximum absolute atomic E-state index is 13.5. The number of allylic oxidation sites excluding steroid dienone is 11. The summed E-state index contributed by atoms with van der Waals surface area (Å²) < 4.78 is 30.6. The van der Waals surface area contributed by atoms with Gasteiger partial charge in [-0.25, -0.2) is 4.57 Å². The summed E-state index contributed by atoms with van der Waals surface area (Å²) in [7, 11) is 1.48. The van der Waals surface area contributed by atoms with Crippen LogP contribution in [-0.2, 0) is 27.9 Å². The number of esters is 1. The van der Waals surface area contributed by atoms with Crippen molar-refractivity contribution in [2.45, 2.75) is 277 Å². The average molecular weight is 1040 g/mol. The Hall–Kier alpha value is -2.55. The van der Waals surface area contributed by atoms with Gasteiger partial charge in [-0.05, 0) is 96.0 Å². The summed E-state index contributed by atoms with van der Waals surface area (Å²) in [4.78, 5) is 37.6. The second-order valence-corrected chi connectivity index (χ2v) is 23.0. The van der Waals surface area contributed by atoms with Crippen LogP contribution in [0.3, 0.4) is 0 Å². The first-order valence-electron chi connectivity index (χ1n) is 30.3. The number of rotatable bonds is 54. The van der Waals surface area contributed by atoms with E-state index in [9.17, 15) is 19.0 Å². The first-order valence-corrected chi connectivity index (χ1v) is 31.8. The number of phosphoric acid groups is 1. The zero-order valence-electron chi connectivity index (χ0n) is 48.4. The number of hydrogen-bond acceptors (Lipinski definition) is 6. The molecule has 3 atom stereocenters. The molecule has 10 heteroatoms. The number of quaternary nitrogens is 1. The predicted octanol–water partition coefficient (Wildman–Crippen LogP) is 18.4. The Bertz CT molecular complexity index is 1480. The number of nitrogens with one attached hydrogen (secondary N) is 1. The van der Waals surface area contributed by atoms with Crippen molar-refractivity contribution in [3.63, 3.8) is 0 Å². The molecule has 0 aliphatic rings. The fraction of sp³-hybridized carbons (Fsp3) is 0.778. The molecule has 0 heterocycles. The van der Waals surface area contributed by atoms with E-state index in [1.165, 1.54) is 116 Å². The summed E-state index contributed by atoms with van der Waals surface area (Å²) in [5, 5.41) is 3.04. The first kappa shape index (κ1) is 70.5. The number of carbonyl (C=O) groups excluding carboxylic acids is 2. The van der Waals surface area contributed by atoms with E-state index in [2.05, 4.69) is 86.8 Å². The minimum atomic E-state index is -4.45. The molecule has 3 unspecified atom stereocenters. The Morgan fingerprint density at radius 3 is 1.33 bits per heavy atom. The van der Waals surface area contributed by atoms with Gasteiger partial charge in [0.2, 0.25) is 5.91 Å². The van der Waals surface area contributed by atoms with Crippen molar-refractivity contribution in [1.82, 2.24) is 5.32 Å². The third-order valence-electron chi connectivity index (χ3n) is 13.1. The van der Waals surface area contributed by atoms with Gasteiger partial charge in [-0.1, -0.05) is 229 Å². The van der Waals surface area contributed by atoms with Crippen molar-refractivity contribution < 1.29 is 37.3 Å². The topological polar surface area (TPSA) is 111 Å². The van der Waals surface area contributed by atoms with Gasteiger partial charge < -0.3 is 19.4 Å². The van der Waals surface area contributed by atoms with Gasteiger partial charge in [0.25, 0.3) is 0 Å². The zero-order chi connectivity index (χ0) is 53.6. The Labute approximate surface area is 451 Å². The quantitative estimate of drug-likeness (QED) is 0.0205. The van der Waals surface area contributed by atoms with Crippen LogP contribution in [0.25, 0.3) is 0 Å². The van der Waals surface area contributed by atoms with Crippen LogP contribution >= 0.6 is 7.82 Å². The molecule has 73 heavy (non-hydrogen) atoms. The highest BCUT2D eigenvalue weighted by atomic mass is 31.2. The van der Waals surface area contributed by atoms with E-state index in [1.807, 2.05) is 33.3 Å². The molecule has 0 spiro atoms. The number of carbonyl (C=O) groups is 2. The minimum Gasteiger partial charge on any atom is -0.456 e. The van der Waals surface area contributed by atoms with Gasteiger partial charge in [0.05, 0.1) is 33.8 Å². The zero-order valence-corrected chi connectivity index (χ0v) is 49.3. The molecular weight excluding hydrogens is 928 g/mol. The van der Waals surface area contributed by atoms with Crippen molar-refractivity contribution in [3.8, 4) is 0 Å². The first-order chi connectivity index (χ1) is 35.4. The molecule has 0 saturated carbocycles. The lowest BCUT2D eigenvalue weighted by atomic mass is 10.0. The van der Waals surface area contributed by atoms with E-state index in [0.717, 1.165) is 116 Å². The van der Waals surface area contributed by atoms with E-state index >= 15 is 0 Å². The van der Waals surface area contributed by atoms with Crippen LogP contribution in [0.2, 0.25) is 0 Å². The standard InChI is InChI=1S/C63H115N2O7P/c1-7-10-13-16-19-22-25-26-27-28-29-30-31-32-33-34-35-36-37-38-41-44-47-50-53-56-63(67)72-61(54-51-48-45-42-39-23-20-17-14-11-8-2)60(59-71-73(68,69)70-58-57-65(4,5)6)64-62(66)55-52-49-46-43-40-24-21-18-15-12-9-3/h18-19,21-22,26-27,29-30,32-33,51,54,60-61H,7-17,20,23-25,28,31,34-50,52-53,55-59H2,1-6H3,(H-,64,66,68,69)/p+1/b21-18-,22-19-,27-26-,30-29-,33-32-,54-51-. The third kappa shape index (κ3) is 54.1. The number of likely N-dealkylation sites (N-methyl/N-ethyl adjacent to an activating group) is 1. The van der Waals surface area contributed by atoms with Crippen molar-refractivity contribution in [2.75, 3.05) is 40.9 Å². The molecule has 0 bridgehead atoms. The number of nitrogens with zero attached hydrogens (tertiary/aromatic N) is 1.